The van der Waals surface area contributed by atoms with Gasteiger partial charge >= 0.3 is 6.09 Å². The molecule has 1 saturated heterocycles. The summed E-state index contributed by atoms with van der Waals surface area (Å²) in [5.41, 5.74) is 5.26. The first-order valence-corrected chi connectivity index (χ1v) is 10.2. The summed E-state index contributed by atoms with van der Waals surface area (Å²) >= 11 is 3.30. The first-order chi connectivity index (χ1) is 11.7. The Morgan fingerprint density at radius 1 is 1.52 bits per heavy atom. The number of amides is 1. The predicted molar refractivity (Wildman–Crippen MR) is 101 cm³/mol. The highest BCUT2D eigenvalue weighted by Crippen LogP contribution is 2.21. The van der Waals surface area contributed by atoms with Gasteiger partial charge in [0.25, 0.3) is 0 Å². The van der Waals surface area contributed by atoms with Crippen LogP contribution < -0.4 is 10.5 Å². The average molecular weight is 433 g/mol. The van der Waals surface area contributed by atoms with Crippen molar-refractivity contribution in [2.75, 3.05) is 18.8 Å². The quantitative estimate of drug-likeness (QED) is 0.761. The fourth-order valence-electron chi connectivity index (χ4n) is 2.60. The maximum Gasteiger partial charge on any atom is 0.410 e. The molecule has 2 unspecified atom stereocenters. The normalized spacial score (nSPS) is 19.5. The summed E-state index contributed by atoms with van der Waals surface area (Å²) < 4.78 is 21.6. The van der Waals surface area contributed by atoms with Gasteiger partial charge in [-0.05, 0) is 62.0 Å². The van der Waals surface area contributed by atoms with Gasteiger partial charge in [-0.15, -0.1) is 0 Å². The Labute approximate surface area is 159 Å². The van der Waals surface area contributed by atoms with E-state index in [1.54, 1.807) is 17.2 Å². The number of nitrogen functional groups attached to an aromatic ring is 1. The molecule has 1 aromatic rings. The van der Waals surface area contributed by atoms with Crippen molar-refractivity contribution in [2.24, 2.45) is 0 Å². The molecule has 1 aliphatic heterocycles. The Kier molecular flexibility index (Phi) is 6.81. The number of hydrogen-bond acceptors (Lipinski definition) is 5. The summed E-state index contributed by atoms with van der Waals surface area (Å²) in [5.74, 6) is 0.224. The van der Waals surface area contributed by atoms with Gasteiger partial charge in [0, 0.05) is 29.8 Å². The third kappa shape index (κ3) is 5.93. The summed E-state index contributed by atoms with van der Waals surface area (Å²) in [7, 11) is -1.50. The van der Waals surface area contributed by atoms with Crippen LogP contribution >= 0.6 is 15.9 Å². The molecule has 3 N–H and O–H groups in total. The van der Waals surface area contributed by atoms with Crippen molar-refractivity contribution in [3.05, 3.63) is 16.7 Å². The monoisotopic (exact) mass is 432 g/mol. The minimum atomic E-state index is -1.50. The molecule has 0 bridgehead atoms. The fraction of sp³-hybridized carbons (Fsp3) is 0.625. The molecule has 0 spiro atoms. The van der Waals surface area contributed by atoms with Gasteiger partial charge < -0.3 is 15.4 Å². The Hall–Kier alpha value is -1.19. The van der Waals surface area contributed by atoms with E-state index < -0.39 is 16.6 Å². The van der Waals surface area contributed by atoms with Crippen LogP contribution in [-0.2, 0) is 15.7 Å². The van der Waals surface area contributed by atoms with Gasteiger partial charge in [-0.2, -0.15) is 0 Å². The number of likely N-dealkylation sites (tertiary alicyclic amines) is 1. The predicted octanol–water partition coefficient (Wildman–Crippen LogP) is 2.83. The molecule has 1 amide bonds. The maximum atomic E-state index is 12.5. The Bertz CT molecular complexity index is 651. The fourth-order valence-corrected chi connectivity index (χ4v) is 4.06. The van der Waals surface area contributed by atoms with Crippen LogP contribution in [0.4, 0.5) is 10.6 Å². The first kappa shape index (κ1) is 20.1. The van der Waals surface area contributed by atoms with Crippen molar-refractivity contribution < 1.29 is 13.7 Å². The SMILES string of the molecule is CC(C)(C)OC(=O)N1CCCCC1CNS(=O)c1cc(Br)cnc1N. The number of hydrogen-bond donors (Lipinski definition) is 2. The Morgan fingerprint density at radius 2 is 2.24 bits per heavy atom. The zero-order valence-corrected chi connectivity index (χ0v) is 17.2. The second-order valence-corrected chi connectivity index (χ2v) is 9.16. The molecule has 1 aromatic heterocycles. The third-order valence-corrected chi connectivity index (χ3v) is 5.34. The lowest BCUT2D eigenvalue weighted by Gasteiger charge is -2.36. The number of rotatable bonds is 4. The molecule has 25 heavy (non-hydrogen) atoms. The van der Waals surface area contributed by atoms with Gasteiger partial charge in [0.15, 0.2) is 0 Å². The molecule has 2 atom stereocenters. The Balaban J connectivity index is 2.00. The van der Waals surface area contributed by atoms with E-state index in [2.05, 4.69) is 25.6 Å². The first-order valence-electron chi connectivity index (χ1n) is 8.23. The van der Waals surface area contributed by atoms with Crippen LogP contribution in [0.25, 0.3) is 0 Å². The largest absolute Gasteiger partial charge is 0.444 e. The van der Waals surface area contributed by atoms with Crippen LogP contribution in [-0.4, -0.2) is 44.9 Å². The molecule has 140 valence electrons. The smallest absolute Gasteiger partial charge is 0.410 e. The van der Waals surface area contributed by atoms with Crippen LogP contribution in [0.5, 0.6) is 0 Å². The van der Waals surface area contributed by atoms with Crippen molar-refractivity contribution in [3.63, 3.8) is 0 Å². The minimum Gasteiger partial charge on any atom is -0.444 e. The van der Waals surface area contributed by atoms with Gasteiger partial charge in [-0.1, -0.05) is 0 Å². The van der Waals surface area contributed by atoms with E-state index in [9.17, 15) is 9.00 Å². The molecular formula is C16H25BrN4O3S. The number of nitrogens with zero attached hydrogens (tertiary/aromatic N) is 2. The number of pyridine rings is 1. The number of ether oxygens (including phenoxy) is 1. The number of carbonyl (C=O) groups is 1. The van der Waals surface area contributed by atoms with Crippen molar-refractivity contribution >= 4 is 38.8 Å². The van der Waals surface area contributed by atoms with Crippen LogP contribution in [0.2, 0.25) is 0 Å². The van der Waals surface area contributed by atoms with Gasteiger partial charge in [0.1, 0.15) is 22.4 Å². The summed E-state index contributed by atoms with van der Waals surface area (Å²) in [5, 5.41) is 0. The van der Waals surface area contributed by atoms with Crippen LogP contribution in [0, 0.1) is 0 Å². The lowest BCUT2D eigenvalue weighted by atomic mass is 10.0. The number of piperidine rings is 1. The highest BCUT2D eigenvalue weighted by atomic mass is 79.9. The molecule has 7 nitrogen and oxygen atoms in total. The zero-order chi connectivity index (χ0) is 18.6. The standard InChI is InChI=1S/C16H25BrN4O3S/c1-16(2,3)24-15(22)21-7-5-4-6-12(21)10-20-25(23)13-8-11(17)9-19-14(13)18/h8-9,12,20H,4-7,10H2,1-3H3,(H2,18,19). The average Bonchev–Trinajstić information content (AvgIpc) is 2.53. The van der Waals surface area contributed by atoms with E-state index in [4.69, 9.17) is 10.5 Å². The summed E-state index contributed by atoms with van der Waals surface area (Å²) in [4.78, 5) is 18.5. The van der Waals surface area contributed by atoms with Crippen molar-refractivity contribution in [1.29, 1.82) is 0 Å². The van der Waals surface area contributed by atoms with Crippen molar-refractivity contribution in [1.82, 2.24) is 14.6 Å². The number of nitrogens with one attached hydrogen (secondary N) is 1. The summed E-state index contributed by atoms with van der Waals surface area (Å²) in [6.45, 7) is 6.59. The summed E-state index contributed by atoms with van der Waals surface area (Å²) in [6, 6.07) is 1.62. The number of carbonyl (C=O) groups excluding carboxylic acids is 1. The molecule has 9 heteroatoms. The van der Waals surface area contributed by atoms with Crippen LogP contribution in [0.1, 0.15) is 40.0 Å². The number of anilines is 1. The second kappa shape index (κ2) is 8.46. The third-order valence-electron chi connectivity index (χ3n) is 3.75. The van der Waals surface area contributed by atoms with E-state index >= 15 is 0 Å². The molecule has 0 saturated carbocycles. The number of nitrogens with two attached hydrogens (primary N) is 1. The van der Waals surface area contributed by atoms with Crippen LogP contribution in [0.3, 0.4) is 0 Å². The van der Waals surface area contributed by atoms with Gasteiger partial charge in [0.05, 0.1) is 4.90 Å². The zero-order valence-electron chi connectivity index (χ0n) is 14.8. The van der Waals surface area contributed by atoms with E-state index in [0.29, 0.717) is 22.5 Å². The molecule has 1 aliphatic rings. The van der Waals surface area contributed by atoms with Gasteiger partial charge in [0.2, 0.25) is 0 Å². The molecule has 0 aliphatic carbocycles. The maximum absolute atomic E-state index is 12.5. The van der Waals surface area contributed by atoms with E-state index in [1.165, 1.54) is 0 Å². The Morgan fingerprint density at radius 3 is 2.92 bits per heavy atom. The second-order valence-electron chi connectivity index (χ2n) is 6.98. The number of aromatic nitrogens is 1. The van der Waals surface area contributed by atoms with E-state index in [0.717, 1.165) is 19.3 Å². The minimum absolute atomic E-state index is 0.0612. The molecule has 2 heterocycles. The molecule has 1 fully saturated rings. The number of halogens is 1. The highest BCUT2D eigenvalue weighted by Gasteiger charge is 2.30. The van der Waals surface area contributed by atoms with E-state index in [-0.39, 0.29) is 18.0 Å². The van der Waals surface area contributed by atoms with E-state index in [1.807, 2.05) is 20.8 Å². The van der Waals surface area contributed by atoms with Crippen molar-refractivity contribution in [3.8, 4) is 0 Å². The lowest BCUT2D eigenvalue weighted by molar-refractivity contribution is 0.0105. The molecule has 0 aromatic carbocycles. The molecule has 0 radical (unpaired) electrons. The van der Waals surface area contributed by atoms with Crippen LogP contribution in [0.15, 0.2) is 21.6 Å². The van der Waals surface area contributed by atoms with Gasteiger partial charge in [-0.3, -0.25) is 0 Å². The van der Waals surface area contributed by atoms with Crippen molar-refractivity contribution in [2.45, 2.75) is 56.6 Å². The molecule has 2 rings (SSSR count). The lowest BCUT2D eigenvalue weighted by Crippen LogP contribution is -2.50. The highest BCUT2D eigenvalue weighted by molar-refractivity contribution is 9.10. The van der Waals surface area contributed by atoms with Gasteiger partial charge in [-0.25, -0.2) is 18.7 Å². The summed E-state index contributed by atoms with van der Waals surface area (Å²) in [6.07, 6.45) is 4.05. The molecular weight excluding hydrogens is 408 g/mol. The topological polar surface area (TPSA) is 97.5 Å².